The summed E-state index contributed by atoms with van der Waals surface area (Å²) in [5.74, 6) is -0.293. The molecule has 0 fully saturated rings. The van der Waals surface area contributed by atoms with Crippen LogP contribution in [0.2, 0.25) is 0 Å². The molecule has 1 amide bonds. The maximum Gasteiger partial charge on any atom is 0.224 e. The molecular weight excluding hydrogens is 373 g/mol. The molecule has 0 unspecified atom stereocenters. The second kappa shape index (κ2) is 8.27. The van der Waals surface area contributed by atoms with E-state index < -0.39 is 0 Å². The Bertz CT molecular complexity index is 1090. The zero-order valence-electron chi connectivity index (χ0n) is 15.1. The van der Waals surface area contributed by atoms with Crippen LogP contribution in [0.3, 0.4) is 0 Å². The van der Waals surface area contributed by atoms with Crippen molar-refractivity contribution >= 4 is 33.1 Å². The molecule has 0 saturated heterocycles. The summed E-state index contributed by atoms with van der Waals surface area (Å²) in [7, 11) is 0. The van der Waals surface area contributed by atoms with Crippen molar-refractivity contribution in [3.05, 3.63) is 78.4 Å². The fraction of sp³-hybridized carbons (Fsp3) is 0.136. The first-order valence-corrected chi connectivity index (χ1v) is 9.84. The van der Waals surface area contributed by atoms with Crippen LogP contribution in [0.4, 0.5) is 10.1 Å². The number of amides is 1. The van der Waals surface area contributed by atoms with Crippen LogP contribution in [0.1, 0.15) is 18.4 Å². The van der Waals surface area contributed by atoms with Crippen molar-refractivity contribution < 1.29 is 9.18 Å². The number of aromatic nitrogens is 2. The zero-order valence-corrected chi connectivity index (χ0v) is 15.9. The van der Waals surface area contributed by atoms with Gasteiger partial charge in [0.05, 0.1) is 10.2 Å². The second-order valence-corrected chi connectivity index (χ2v) is 7.50. The number of hydrogen-bond acceptors (Lipinski definition) is 4. The molecule has 0 spiro atoms. The van der Waals surface area contributed by atoms with E-state index in [1.807, 2.05) is 42.6 Å². The Hall–Kier alpha value is -3.12. The topological polar surface area (TPSA) is 54.9 Å². The molecule has 2 aromatic heterocycles. The first-order chi connectivity index (χ1) is 13.7. The van der Waals surface area contributed by atoms with E-state index in [1.54, 1.807) is 12.3 Å². The van der Waals surface area contributed by atoms with Crippen LogP contribution < -0.4 is 5.32 Å². The maximum absolute atomic E-state index is 13.3. The third-order valence-electron chi connectivity index (χ3n) is 4.36. The van der Waals surface area contributed by atoms with Crippen molar-refractivity contribution in [3.8, 4) is 10.6 Å². The van der Waals surface area contributed by atoms with Gasteiger partial charge in [0.1, 0.15) is 10.8 Å². The van der Waals surface area contributed by atoms with E-state index in [-0.39, 0.29) is 11.7 Å². The predicted octanol–water partition coefficient (Wildman–Crippen LogP) is 5.46. The summed E-state index contributed by atoms with van der Waals surface area (Å²) in [5.41, 5.74) is 3.49. The number of fused-ring (bicyclic) bond motifs is 1. The van der Waals surface area contributed by atoms with Crippen LogP contribution >= 0.6 is 11.3 Å². The molecule has 2 heterocycles. The average molecular weight is 391 g/mol. The predicted molar refractivity (Wildman–Crippen MR) is 111 cm³/mol. The van der Waals surface area contributed by atoms with Crippen molar-refractivity contribution in [1.82, 2.24) is 9.97 Å². The van der Waals surface area contributed by atoms with Gasteiger partial charge in [0.15, 0.2) is 0 Å². The van der Waals surface area contributed by atoms with E-state index in [9.17, 15) is 9.18 Å². The lowest BCUT2D eigenvalue weighted by Gasteiger charge is -2.06. The van der Waals surface area contributed by atoms with Crippen molar-refractivity contribution in [3.63, 3.8) is 0 Å². The molecule has 2 aromatic carbocycles. The van der Waals surface area contributed by atoms with Crippen LogP contribution in [0.15, 0.2) is 67.0 Å². The molecule has 0 saturated carbocycles. The highest BCUT2D eigenvalue weighted by atomic mass is 32.1. The van der Waals surface area contributed by atoms with Crippen LogP contribution in [0, 0.1) is 5.82 Å². The Morgan fingerprint density at radius 2 is 1.96 bits per heavy atom. The lowest BCUT2D eigenvalue weighted by molar-refractivity contribution is -0.116. The van der Waals surface area contributed by atoms with Crippen molar-refractivity contribution in [1.29, 1.82) is 0 Å². The van der Waals surface area contributed by atoms with Gasteiger partial charge in [0, 0.05) is 36.1 Å². The number of pyridine rings is 1. The fourth-order valence-electron chi connectivity index (χ4n) is 2.94. The summed E-state index contributed by atoms with van der Waals surface area (Å²) >= 11 is 1.52. The first kappa shape index (κ1) is 18.3. The monoisotopic (exact) mass is 391 g/mol. The largest absolute Gasteiger partial charge is 0.326 e. The fourth-order valence-corrected chi connectivity index (χ4v) is 3.89. The quantitative estimate of drug-likeness (QED) is 0.475. The number of carbonyl (C=O) groups excluding carboxylic acids is 1. The lowest BCUT2D eigenvalue weighted by Crippen LogP contribution is -2.11. The number of rotatable bonds is 6. The number of carbonyl (C=O) groups is 1. The number of nitrogens with one attached hydrogen (secondary N) is 1. The molecule has 6 heteroatoms. The highest BCUT2D eigenvalue weighted by Crippen LogP contribution is 2.31. The van der Waals surface area contributed by atoms with Gasteiger partial charge in [-0.2, -0.15) is 0 Å². The average Bonchev–Trinajstić information content (AvgIpc) is 3.12. The van der Waals surface area contributed by atoms with E-state index >= 15 is 0 Å². The molecule has 0 aliphatic heterocycles. The van der Waals surface area contributed by atoms with E-state index in [0.29, 0.717) is 11.9 Å². The highest BCUT2D eigenvalue weighted by molar-refractivity contribution is 7.21. The molecule has 0 aliphatic carbocycles. The van der Waals surface area contributed by atoms with Crippen molar-refractivity contribution in [2.75, 3.05) is 5.32 Å². The Labute approximate surface area is 166 Å². The second-order valence-electron chi connectivity index (χ2n) is 6.47. The van der Waals surface area contributed by atoms with E-state index in [1.165, 1.54) is 23.5 Å². The van der Waals surface area contributed by atoms with Crippen LogP contribution in [0.25, 0.3) is 20.8 Å². The molecule has 0 aliphatic rings. The van der Waals surface area contributed by atoms with E-state index in [2.05, 4.69) is 15.3 Å². The zero-order chi connectivity index (χ0) is 19.3. The van der Waals surface area contributed by atoms with Gasteiger partial charge in [-0.3, -0.25) is 9.78 Å². The van der Waals surface area contributed by atoms with Crippen LogP contribution in [-0.4, -0.2) is 15.9 Å². The maximum atomic E-state index is 13.3. The summed E-state index contributed by atoms with van der Waals surface area (Å²) in [6, 6.07) is 16.1. The summed E-state index contributed by atoms with van der Waals surface area (Å²) in [4.78, 5) is 20.7. The third kappa shape index (κ3) is 4.40. The molecule has 0 atom stereocenters. The number of aryl methyl sites for hydroxylation is 1. The summed E-state index contributed by atoms with van der Waals surface area (Å²) < 4.78 is 14.3. The minimum Gasteiger partial charge on any atom is -0.326 e. The third-order valence-corrected chi connectivity index (χ3v) is 5.44. The Balaban J connectivity index is 1.35. The van der Waals surface area contributed by atoms with Gasteiger partial charge < -0.3 is 5.32 Å². The number of anilines is 1. The lowest BCUT2D eigenvalue weighted by atomic mass is 10.1. The smallest absolute Gasteiger partial charge is 0.224 e. The summed E-state index contributed by atoms with van der Waals surface area (Å²) in [5, 5.41) is 3.75. The normalized spacial score (nSPS) is 10.9. The van der Waals surface area contributed by atoms with E-state index in [0.717, 1.165) is 39.4 Å². The summed E-state index contributed by atoms with van der Waals surface area (Å²) in [6.07, 6.45) is 5.63. The van der Waals surface area contributed by atoms with Gasteiger partial charge in [-0.1, -0.05) is 6.07 Å². The molecular formula is C22H18FN3OS. The number of thiazole rings is 1. The van der Waals surface area contributed by atoms with E-state index in [4.69, 9.17) is 0 Å². The number of benzene rings is 2. The first-order valence-electron chi connectivity index (χ1n) is 9.03. The molecule has 0 radical (unpaired) electrons. The van der Waals surface area contributed by atoms with Gasteiger partial charge in [0.2, 0.25) is 5.91 Å². The number of halogens is 1. The van der Waals surface area contributed by atoms with Gasteiger partial charge in [-0.05, 0) is 60.9 Å². The molecule has 140 valence electrons. The molecule has 4 nitrogen and oxygen atoms in total. The number of nitrogens with zero attached hydrogens (tertiary/aromatic N) is 2. The minimum absolute atomic E-state index is 0.00731. The molecule has 1 N–H and O–H groups in total. The van der Waals surface area contributed by atoms with Gasteiger partial charge in [-0.25, -0.2) is 9.37 Å². The standard InChI is InChI=1S/C22H18FN3OS/c23-17-8-11-20-19(13-17)26-22(28-20)16-6-9-18(10-7-16)25-21(27)5-1-3-15-4-2-12-24-14-15/h2,4,6-14H,1,3,5H2,(H,25,27). The molecule has 4 rings (SSSR count). The minimum atomic E-state index is -0.286. The van der Waals surface area contributed by atoms with Crippen molar-refractivity contribution in [2.45, 2.75) is 19.3 Å². The molecule has 4 aromatic rings. The Kier molecular flexibility index (Phi) is 5.39. The number of hydrogen-bond donors (Lipinski definition) is 1. The molecule has 0 bridgehead atoms. The Morgan fingerprint density at radius 3 is 2.75 bits per heavy atom. The SMILES string of the molecule is O=C(CCCc1cccnc1)Nc1ccc(-c2nc3cc(F)ccc3s2)cc1. The Morgan fingerprint density at radius 1 is 1.11 bits per heavy atom. The van der Waals surface area contributed by atoms with Gasteiger partial charge >= 0.3 is 0 Å². The summed E-state index contributed by atoms with van der Waals surface area (Å²) in [6.45, 7) is 0. The molecule has 28 heavy (non-hydrogen) atoms. The highest BCUT2D eigenvalue weighted by Gasteiger charge is 2.08. The van der Waals surface area contributed by atoms with Crippen molar-refractivity contribution in [2.24, 2.45) is 0 Å². The van der Waals surface area contributed by atoms with Gasteiger partial charge in [-0.15, -0.1) is 11.3 Å². The van der Waals surface area contributed by atoms with Crippen LogP contribution in [-0.2, 0) is 11.2 Å². The van der Waals surface area contributed by atoms with Gasteiger partial charge in [0.25, 0.3) is 0 Å². The van der Waals surface area contributed by atoms with Crippen LogP contribution in [0.5, 0.6) is 0 Å².